The summed E-state index contributed by atoms with van der Waals surface area (Å²) < 4.78 is 12.7. The van der Waals surface area contributed by atoms with Gasteiger partial charge in [-0.1, -0.05) is 43.7 Å². The van der Waals surface area contributed by atoms with E-state index < -0.39 is 0 Å². The second-order valence-electron chi connectivity index (χ2n) is 8.16. The summed E-state index contributed by atoms with van der Waals surface area (Å²) in [4.78, 5) is 33.3. The zero-order chi connectivity index (χ0) is 25.1. The number of aromatic amines is 1. The molecular formula is C27H25N5O4. The molecule has 0 unspecified atom stereocenters. The van der Waals surface area contributed by atoms with Crippen molar-refractivity contribution >= 4 is 22.5 Å². The Balaban J connectivity index is 1.62. The molecule has 0 saturated carbocycles. The lowest BCUT2D eigenvalue weighted by Crippen LogP contribution is -2.20. The Morgan fingerprint density at radius 2 is 1.97 bits per heavy atom. The number of benzene rings is 2. The molecule has 0 spiro atoms. The van der Waals surface area contributed by atoms with Crippen molar-refractivity contribution in [2.75, 3.05) is 11.9 Å². The molecule has 9 heteroatoms. The van der Waals surface area contributed by atoms with E-state index in [4.69, 9.17) is 9.15 Å². The summed E-state index contributed by atoms with van der Waals surface area (Å²) in [6.45, 7) is 4.29. The number of ether oxygens (including phenoxy) is 1. The second kappa shape index (κ2) is 9.91. The highest BCUT2D eigenvalue weighted by atomic mass is 16.5. The molecule has 3 heterocycles. The Labute approximate surface area is 206 Å². The normalized spacial score (nSPS) is 11.1. The number of furan rings is 1. The molecule has 0 aliphatic heterocycles. The van der Waals surface area contributed by atoms with Crippen molar-refractivity contribution < 1.29 is 13.9 Å². The Kier molecular flexibility index (Phi) is 6.36. The summed E-state index contributed by atoms with van der Waals surface area (Å²) in [6.07, 6.45) is 3.01. The predicted octanol–water partition coefficient (Wildman–Crippen LogP) is 4.97. The molecule has 0 bridgehead atoms. The zero-order valence-electron chi connectivity index (χ0n) is 19.9. The van der Waals surface area contributed by atoms with E-state index in [2.05, 4.69) is 20.4 Å². The fourth-order valence-corrected chi connectivity index (χ4v) is 4.10. The molecule has 9 nitrogen and oxygen atoms in total. The van der Waals surface area contributed by atoms with Crippen molar-refractivity contribution in [3.8, 4) is 23.2 Å². The van der Waals surface area contributed by atoms with E-state index in [9.17, 15) is 9.59 Å². The highest BCUT2D eigenvalue weighted by Gasteiger charge is 2.21. The first-order valence-electron chi connectivity index (χ1n) is 11.8. The Morgan fingerprint density at radius 1 is 1.11 bits per heavy atom. The van der Waals surface area contributed by atoms with Gasteiger partial charge in [-0.15, -0.1) is 0 Å². The van der Waals surface area contributed by atoms with Crippen molar-refractivity contribution in [2.45, 2.75) is 26.7 Å². The lowest BCUT2D eigenvalue weighted by Gasteiger charge is -2.14. The van der Waals surface area contributed by atoms with Gasteiger partial charge in [-0.25, -0.2) is 4.98 Å². The fourth-order valence-electron chi connectivity index (χ4n) is 4.10. The van der Waals surface area contributed by atoms with Gasteiger partial charge in [0, 0.05) is 17.8 Å². The van der Waals surface area contributed by atoms with Crippen LogP contribution < -0.4 is 15.6 Å². The van der Waals surface area contributed by atoms with Gasteiger partial charge in [0.05, 0.1) is 18.4 Å². The standard InChI is InChI=1S/C27H25N5O4/c1-3-8-18-15-24(33)30-27(28-18)32-23(16-20(31-32)21-11-7-14-36-21)29-26(34)25-19-10-6-5-9-17(19)12-13-22(25)35-4-2/h5-7,9-16H,3-4,8H2,1-2H3,(H,29,34)(H,28,30,33). The molecule has 0 radical (unpaired) electrons. The van der Waals surface area contributed by atoms with Gasteiger partial charge in [0.2, 0.25) is 5.95 Å². The number of aromatic nitrogens is 4. The van der Waals surface area contributed by atoms with Gasteiger partial charge in [-0.3, -0.25) is 14.6 Å². The molecule has 0 atom stereocenters. The molecule has 182 valence electrons. The molecule has 2 aromatic carbocycles. The number of H-pyrrole nitrogens is 1. The van der Waals surface area contributed by atoms with E-state index >= 15 is 0 Å². The van der Waals surface area contributed by atoms with Gasteiger partial charge in [-0.2, -0.15) is 9.78 Å². The Morgan fingerprint density at radius 3 is 2.75 bits per heavy atom. The minimum absolute atomic E-state index is 0.196. The summed E-state index contributed by atoms with van der Waals surface area (Å²) in [5.74, 6) is 1.12. The van der Waals surface area contributed by atoms with E-state index in [0.717, 1.165) is 17.2 Å². The molecule has 0 saturated heterocycles. The number of anilines is 1. The van der Waals surface area contributed by atoms with Crippen molar-refractivity contribution in [1.82, 2.24) is 19.7 Å². The Hall–Kier alpha value is -4.66. The fraction of sp³-hybridized carbons (Fsp3) is 0.185. The van der Waals surface area contributed by atoms with E-state index in [1.54, 1.807) is 30.5 Å². The molecule has 36 heavy (non-hydrogen) atoms. The first-order chi connectivity index (χ1) is 17.6. The number of fused-ring (bicyclic) bond motifs is 1. The monoisotopic (exact) mass is 483 g/mol. The third-order valence-corrected chi connectivity index (χ3v) is 5.63. The van der Waals surface area contributed by atoms with Gasteiger partial charge in [-0.05, 0) is 42.3 Å². The molecule has 3 aromatic heterocycles. The maximum atomic E-state index is 13.7. The minimum Gasteiger partial charge on any atom is -0.493 e. The van der Waals surface area contributed by atoms with Crippen molar-refractivity contribution in [3.63, 3.8) is 0 Å². The van der Waals surface area contributed by atoms with Crippen molar-refractivity contribution in [2.24, 2.45) is 0 Å². The molecule has 1 amide bonds. The number of aryl methyl sites for hydroxylation is 1. The van der Waals surface area contributed by atoms with Gasteiger partial charge in [0.25, 0.3) is 11.5 Å². The summed E-state index contributed by atoms with van der Waals surface area (Å²) >= 11 is 0. The Bertz CT molecular complexity index is 1580. The molecule has 5 aromatic rings. The second-order valence-corrected chi connectivity index (χ2v) is 8.16. The molecule has 0 aliphatic carbocycles. The van der Waals surface area contributed by atoms with E-state index in [-0.39, 0.29) is 17.4 Å². The number of hydrogen-bond donors (Lipinski definition) is 2. The maximum Gasteiger partial charge on any atom is 0.261 e. The van der Waals surface area contributed by atoms with Crippen LogP contribution in [0.15, 0.2) is 76.1 Å². The quantitative estimate of drug-likeness (QED) is 0.322. The number of hydrogen-bond acceptors (Lipinski definition) is 6. The maximum absolute atomic E-state index is 13.7. The number of rotatable bonds is 8. The minimum atomic E-state index is -0.380. The van der Waals surface area contributed by atoms with Crippen molar-refractivity contribution in [3.05, 3.63) is 88.5 Å². The molecular weight excluding hydrogens is 458 g/mol. The van der Waals surface area contributed by atoms with Crippen LogP contribution in [-0.4, -0.2) is 32.3 Å². The van der Waals surface area contributed by atoms with Crippen LogP contribution in [0.4, 0.5) is 5.82 Å². The number of nitrogens with zero attached hydrogens (tertiary/aromatic N) is 3. The average molecular weight is 484 g/mol. The van der Waals surface area contributed by atoms with Gasteiger partial charge < -0.3 is 14.5 Å². The zero-order valence-corrected chi connectivity index (χ0v) is 19.9. The van der Waals surface area contributed by atoms with Crippen LogP contribution in [0.25, 0.3) is 28.2 Å². The molecule has 2 N–H and O–H groups in total. The van der Waals surface area contributed by atoms with Crippen LogP contribution in [0.2, 0.25) is 0 Å². The van der Waals surface area contributed by atoms with Crippen LogP contribution >= 0.6 is 0 Å². The number of nitrogens with one attached hydrogen (secondary N) is 2. The molecule has 0 aliphatic rings. The lowest BCUT2D eigenvalue weighted by molar-refractivity contribution is 0.102. The third-order valence-electron chi connectivity index (χ3n) is 5.63. The van der Waals surface area contributed by atoms with E-state index in [1.165, 1.54) is 10.7 Å². The first kappa shape index (κ1) is 23.1. The largest absolute Gasteiger partial charge is 0.493 e. The smallest absolute Gasteiger partial charge is 0.261 e. The third kappa shape index (κ3) is 4.50. The highest BCUT2D eigenvalue weighted by molar-refractivity contribution is 6.15. The highest BCUT2D eigenvalue weighted by Crippen LogP contribution is 2.30. The summed E-state index contributed by atoms with van der Waals surface area (Å²) in [5.41, 5.74) is 1.21. The van der Waals surface area contributed by atoms with E-state index in [0.29, 0.717) is 47.3 Å². The number of carbonyl (C=O) groups excluding carboxylic acids is 1. The van der Waals surface area contributed by atoms with Crippen molar-refractivity contribution in [1.29, 1.82) is 0 Å². The first-order valence-corrected chi connectivity index (χ1v) is 11.8. The van der Waals surface area contributed by atoms with Gasteiger partial charge in [0.1, 0.15) is 17.3 Å². The molecule has 0 fully saturated rings. The van der Waals surface area contributed by atoms with Gasteiger partial charge in [0.15, 0.2) is 5.76 Å². The number of carbonyl (C=O) groups is 1. The van der Waals surface area contributed by atoms with Crippen LogP contribution in [0, 0.1) is 0 Å². The number of amides is 1. The predicted molar refractivity (Wildman–Crippen MR) is 137 cm³/mol. The van der Waals surface area contributed by atoms with Gasteiger partial charge >= 0.3 is 0 Å². The lowest BCUT2D eigenvalue weighted by atomic mass is 10.0. The summed E-state index contributed by atoms with van der Waals surface area (Å²) in [7, 11) is 0. The van der Waals surface area contributed by atoms with Crippen LogP contribution in [0.3, 0.4) is 0 Å². The van der Waals surface area contributed by atoms with Crippen LogP contribution in [0.1, 0.15) is 36.3 Å². The SMILES string of the molecule is CCCc1cc(=O)[nH]c(-n2nc(-c3ccco3)cc2NC(=O)c2c(OCC)ccc3ccccc23)n1. The average Bonchev–Trinajstić information content (AvgIpc) is 3.54. The van der Waals surface area contributed by atoms with Crippen LogP contribution in [-0.2, 0) is 6.42 Å². The van der Waals surface area contributed by atoms with Crippen LogP contribution in [0.5, 0.6) is 5.75 Å². The summed E-state index contributed by atoms with van der Waals surface area (Å²) in [5, 5.41) is 9.20. The summed E-state index contributed by atoms with van der Waals surface area (Å²) in [6, 6.07) is 18.0. The molecule has 5 rings (SSSR count). The van der Waals surface area contributed by atoms with E-state index in [1.807, 2.05) is 44.2 Å². The topological polar surface area (TPSA) is 115 Å².